The molecule has 1 aliphatic rings. The summed E-state index contributed by atoms with van der Waals surface area (Å²) in [6, 6.07) is 2.66. The van der Waals surface area contributed by atoms with Crippen molar-refractivity contribution in [2.45, 2.75) is 32.2 Å². The summed E-state index contributed by atoms with van der Waals surface area (Å²) < 4.78 is 5.30. The second-order valence-electron chi connectivity index (χ2n) is 3.60. The van der Waals surface area contributed by atoms with Crippen LogP contribution in [0.15, 0.2) is 0 Å². The van der Waals surface area contributed by atoms with Gasteiger partial charge in [0.1, 0.15) is 0 Å². The van der Waals surface area contributed by atoms with Gasteiger partial charge in [0, 0.05) is 32.2 Å². The van der Waals surface area contributed by atoms with Gasteiger partial charge < -0.3 is 10.1 Å². The van der Waals surface area contributed by atoms with Crippen molar-refractivity contribution in [2.24, 2.45) is 5.92 Å². The molecule has 0 aromatic rings. The Morgan fingerprint density at radius 3 is 2.85 bits per heavy atom. The van der Waals surface area contributed by atoms with Crippen LogP contribution in [-0.4, -0.2) is 25.8 Å². The van der Waals surface area contributed by atoms with Gasteiger partial charge in [-0.15, -0.1) is 0 Å². The van der Waals surface area contributed by atoms with Crippen molar-refractivity contribution in [1.29, 1.82) is 5.26 Å². The summed E-state index contributed by atoms with van der Waals surface area (Å²) in [7, 11) is 0. The van der Waals surface area contributed by atoms with Crippen molar-refractivity contribution in [3.63, 3.8) is 0 Å². The number of nitriles is 1. The van der Waals surface area contributed by atoms with Crippen LogP contribution >= 0.6 is 0 Å². The predicted molar refractivity (Wildman–Crippen MR) is 51.2 cm³/mol. The van der Waals surface area contributed by atoms with Gasteiger partial charge in [-0.3, -0.25) is 0 Å². The lowest BCUT2D eigenvalue weighted by atomic mass is 9.93. The normalized spacial score (nSPS) is 20.9. The van der Waals surface area contributed by atoms with E-state index in [1.54, 1.807) is 0 Å². The molecule has 0 amide bonds. The molecule has 3 nitrogen and oxygen atoms in total. The van der Waals surface area contributed by atoms with Crippen LogP contribution < -0.4 is 5.32 Å². The molecule has 1 aliphatic heterocycles. The van der Waals surface area contributed by atoms with Crippen LogP contribution in [0.5, 0.6) is 0 Å². The molecule has 0 aromatic heterocycles. The van der Waals surface area contributed by atoms with Crippen LogP contribution in [0.4, 0.5) is 0 Å². The van der Waals surface area contributed by atoms with Gasteiger partial charge >= 0.3 is 0 Å². The molecule has 74 valence electrons. The van der Waals surface area contributed by atoms with Crippen LogP contribution in [-0.2, 0) is 4.74 Å². The summed E-state index contributed by atoms with van der Waals surface area (Å²) >= 11 is 0. The van der Waals surface area contributed by atoms with E-state index in [-0.39, 0.29) is 0 Å². The van der Waals surface area contributed by atoms with Crippen molar-refractivity contribution < 1.29 is 4.74 Å². The molecule has 1 saturated heterocycles. The van der Waals surface area contributed by atoms with E-state index in [2.05, 4.69) is 18.3 Å². The number of rotatable bonds is 4. The lowest BCUT2D eigenvalue weighted by Gasteiger charge is -2.28. The molecule has 1 unspecified atom stereocenters. The van der Waals surface area contributed by atoms with Gasteiger partial charge in [0.15, 0.2) is 0 Å². The Balaban J connectivity index is 2.14. The fraction of sp³-hybridized carbons (Fsp3) is 0.900. The average Bonchev–Trinajstić information content (AvgIpc) is 2.19. The van der Waals surface area contributed by atoms with E-state index in [1.165, 1.54) is 0 Å². The minimum Gasteiger partial charge on any atom is -0.381 e. The van der Waals surface area contributed by atoms with Crippen LogP contribution in [0, 0.1) is 17.2 Å². The smallest absolute Gasteiger partial charge is 0.0635 e. The zero-order valence-corrected chi connectivity index (χ0v) is 8.25. The highest BCUT2D eigenvalue weighted by Gasteiger charge is 2.19. The standard InChI is InChI=1S/C10H18N2O/c1-9(12-6-2-5-11)10-3-7-13-8-4-10/h9-10,12H,2-4,6-8H2,1H3. The zero-order chi connectivity index (χ0) is 9.52. The highest BCUT2D eigenvalue weighted by Crippen LogP contribution is 2.18. The SMILES string of the molecule is CC(NCCC#N)C1CCOCC1. The zero-order valence-electron chi connectivity index (χ0n) is 8.25. The highest BCUT2D eigenvalue weighted by atomic mass is 16.5. The molecule has 0 bridgehead atoms. The van der Waals surface area contributed by atoms with Crippen LogP contribution in [0.25, 0.3) is 0 Å². The molecule has 13 heavy (non-hydrogen) atoms. The summed E-state index contributed by atoms with van der Waals surface area (Å²) in [6.45, 7) is 4.81. The van der Waals surface area contributed by atoms with Crippen molar-refractivity contribution in [3.05, 3.63) is 0 Å². The molecule has 0 saturated carbocycles. The number of hydrogen-bond donors (Lipinski definition) is 1. The Bertz CT molecular complexity index is 170. The summed E-state index contributed by atoms with van der Waals surface area (Å²) in [6.07, 6.45) is 2.91. The second kappa shape index (κ2) is 5.95. The van der Waals surface area contributed by atoms with E-state index in [0.29, 0.717) is 12.5 Å². The largest absolute Gasteiger partial charge is 0.381 e. The van der Waals surface area contributed by atoms with Crippen molar-refractivity contribution in [1.82, 2.24) is 5.32 Å². The Kier molecular flexibility index (Phi) is 4.81. The van der Waals surface area contributed by atoms with E-state index < -0.39 is 0 Å². The molecule has 0 spiro atoms. The van der Waals surface area contributed by atoms with E-state index >= 15 is 0 Å². The molecule has 3 heteroatoms. The third-order valence-corrected chi connectivity index (χ3v) is 2.68. The summed E-state index contributed by atoms with van der Waals surface area (Å²) in [5.74, 6) is 0.729. The predicted octanol–water partition coefficient (Wildman–Crippen LogP) is 1.30. The maximum absolute atomic E-state index is 8.38. The Morgan fingerprint density at radius 2 is 2.23 bits per heavy atom. The molecule has 0 aromatic carbocycles. The molecule has 1 N–H and O–H groups in total. The summed E-state index contributed by atoms with van der Waals surface area (Å²) in [5.41, 5.74) is 0. The number of nitrogens with one attached hydrogen (secondary N) is 1. The topological polar surface area (TPSA) is 45.0 Å². The minimum absolute atomic E-state index is 0.525. The summed E-state index contributed by atoms with van der Waals surface area (Å²) in [5, 5.41) is 11.8. The van der Waals surface area contributed by atoms with Gasteiger partial charge in [0.25, 0.3) is 0 Å². The van der Waals surface area contributed by atoms with Crippen molar-refractivity contribution in [3.8, 4) is 6.07 Å². The van der Waals surface area contributed by atoms with Gasteiger partial charge in [-0.25, -0.2) is 0 Å². The quantitative estimate of drug-likeness (QED) is 0.667. The maximum atomic E-state index is 8.38. The molecular weight excluding hydrogens is 164 g/mol. The van der Waals surface area contributed by atoms with Gasteiger partial charge in [-0.2, -0.15) is 5.26 Å². The fourth-order valence-electron chi connectivity index (χ4n) is 1.74. The van der Waals surface area contributed by atoms with E-state index in [1.807, 2.05) is 0 Å². The first-order chi connectivity index (χ1) is 6.34. The third-order valence-electron chi connectivity index (χ3n) is 2.68. The van der Waals surface area contributed by atoms with Crippen LogP contribution in [0.2, 0.25) is 0 Å². The molecule has 1 rings (SSSR count). The first kappa shape index (κ1) is 10.5. The average molecular weight is 182 g/mol. The van der Waals surface area contributed by atoms with Gasteiger partial charge in [0.2, 0.25) is 0 Å². The van der Waals surface area contributed by atoms with Crippen molar-refractivity contribution >= 4 is 0 Å². The lowest BCUT2D eigenvalue weighted by molar-refractivity contribution is 0.0561. The molecule has 0 aliphatic carbocycles. The van der Waals surface area contributed by atoms with Gasteiger partial charge in [-0.1, -0.05) is 0 Å². The van der Waals surface area contributed by atoms with Gasteiger partial charge in [-0.05, 0) is 25.7 Å². The van der Waals surface area contributed by atoms with E-state index in [9.17, 15) is 0 Å². The first-order valence-corrected chi connectivity index (χ1v) is 5.02. The molecule has 1 heterocycles. The highest BCUT2D eigenvalue weighted by molar-refractivity contribution is 4.77. The molecular formula is C10H18N2O. The third kappa shape index (κ3) is 3.75. The monoisotopic (exact) mass is 182 g/mol. The number of hydrogen-bond acceptors (Lipinski definition) is 3. The van der Waals surface area contributed by atoms with Crippen LogP contribution in [0.1, 0.15) is 26.2 Å². The van der Waals surface area contributed by atoms with E-state index in [4.69, 9.17) is 10.00 Å². The molecule has 1 atom stereocenters. The Labute approximate surface area is 80.1 Å². The van der Waals surface area contributed by atoms with Crippen molar-refractivity contribution in [2.75, 3.05) is 19.8 Å². The Hall–Kier alpha value is -0.590. The van der Waals surface area contributed by atoms with E-state index in [0.717, 1.165) is 38.5 Å². The fourth-order valence-corrected chi connectivity index (χ4v) is 1.74. The molecule has 0 radical (unpaired) electrons. The molecule has 1 fully saturated rings. The first-order valence-electron chi connectivity index (χ1n) is 5.02. The number of nitrogens with zero attached hydrogens (tertiary/aromatic N) is 1. The summed E-state index contributed by atoms with van der Waals surface area (Å²) in [4.78, 5) is 0. The lowest BCUT2D eigenvalue weighted by Crippen LogP contribution is -2.37. The Morgan fingerprint density at radius 1 is 1.54 bits per heavy atom. The minimum atomic E-state index is 0.525. The number of ether oxygens (including phenoxy) is 1. The van der Waals surface area contributed by atoms with Gasteiger partial charge in [0.05, 0.1) is 6.07 Å². The second-order valence-corrected chi connectivity index (χ2v) is 3.60. The van der Waals surface area contributed by atoms with Crippen LogP contribution in [0.3, 0.4) is 0 Å². The maximum Gasteiger partial charge on any atom is 0.0635 e.